The summed E-state index contributed by atoms with van der Waals surface area (Å²) in [6, 6.07) is 18.4. The van der Waals surface area contributed by atoms with Crippen LogP contribution in [0, 0.1) is 17.1 Å². The number of rotatable bonds is 8. The Labute approximate surface area is 216 Å². The number of piperazine rings is 1. The second-order valence-corrected chi connectivity index (χ2v) is 10.4. The topological polar surface area (TPSA) is 106 Å². The number of benzene rings is 3. The molecular formula is C27H28FN5O3S. The molecule has 0 spiro atoms. The quantitative estimate of drug-likeness (QED) is 0.470. The van der Waals surface area contributed by atoms with Crippen LogP contribution in [-0.2, 0) is 16.6 Å². The number of anilines is 2. The number of carbonyl (C=O) groups excluding carboxylic acids is 1. The average Bonchev–Trinajstić information content (AvgIpc) is 2.92. The number of likely N-dealkylation sites (N-methyl/N-ethyl adjacent to an activating group) is 1. The standard InChI is InChI=1S/C27H28FN5O3S/c1-2-32-13-15-33(16-14-32)26-12-7-22(27(34)30-19-21-3-8-23(28)9-4-21)17-25(26)31-37(35,36)24-10-5-20(18-29)6-11-24/h3-12,17,31H,2,13-16,19H2,1H3,(H,30,34). The molecule has 1 heterocycles. The highest BCUT2D eigenvalue weighted by Crippen LogP contribution is 2.30. The molecule has 0 atom stereocenters. The van der Waals surface area contributed by atoms with Crippen LogP contribution in [0.1, 0.15) is 28.4 Å². The molecule has 0 radical (unpaired) electrons. The highest BCUT2D eigenvalue weighted by Gasteiger charge is 2.23. The zero-order valence-electron chi connectivity index (χ0n) is 20.4. The van der Waals surface area contributed by atoms with Crippen molar-refractivity contribution >= 4 is 27.3 Å². The first-order valence-electron chi connectivity index (χ1n) is 12.0. The maximum absolute atomic E-state index is 13.2. The van der Waals surface area contributed by atoms with Gasteiger partial charge in [-0.2, -0.15) is 5.26 Å². The summed E-state index contributed by atoms with van der Waals surface area (Å²) in [5, 5.41) is 11.8. The van der Waals surface area contributed by atoms with Gasteiger partial charge in [0.2, 0.25) is 0 Å². The monoisotopic (exact) mass is 521 g/mol. The fourth-order valence-electron chi connectivity index (χ4n) is 4.14. The molecule has 0 aliphatic carbocycles. The van der Waals surface area contributed by atoms with Gasteiger partial charge in [-0.25, -0.2) is 12.8 Å². The Morgan fingerprint density at radius 1 is 1.00 bits per heavy atom. The molecule has 37 heavy (non-hydrogen) atoms. The van der Waals surface area contributed by atoms with Gasteiger partial charge in [0.1, 0.15) is 5.82 Å². The van der Waals surface area contributed by atoms with Crippen LogP contribution in [0.5, 0.6) is 0 Å². The van der Waals surface area contributed by atoms with Crippen molar-refractivity contribution in [3.8, 4) is 6.07 Å². The van der Waals surface area contributed by atoms with Crippen molar-refractivity contribution in [3.63, 3.8) is 0 Å². The van der Waals surface area contributed by atoms with Crippen molar-refractivity contribution in [2.75, 3.05) is 42.3 Å². The fraction of sp³-hybridized carbons (Fsp3) is 0.259. The SMILES string of the molecule is CCN1CCN(c2ccc(C(=O)NCc3ccc(F)cc3)cc2NS(=O)(=O)c2ccc(C#N)cc2)CC1. The van der Waals surface area contributed by atoms with E-state index in [1.54, 1.807) is 24.3 Å². The lowest BCUT2D eigenvalue weighted by molar-refractivity contribution is 0.0951. The zero-order valence-corrected chi connectivity index (χ0v) is 21.3. The molecule has 2 N–H and O–H groups in total. The molecule has 3 aromatic carbocycles. The molecule has 10 heteroatoms. The summed E-state index contributed by atoms with van der Waals surface area (Å²) in [5.74, 6) is -0.741. The zero-order chi connectivity index (χ0) is 26.4. The van der Waals surface area contributed by atoms with Crippen LogP contribution in [0.3, 0.4) is 0 Å². The number of amides is 1. The first-order valence-corrected chi connectivity index (χ1v) is 13.4. The molecule has 0 bridgehead atoms. The smallest absolute Gasteiger partial charge is 0.261 e. The molecule has 1 saturated heterocycles. The minimum absolute atomic E-state index is 0.0133. The minimum atomic E-state index is -3.98. The second kappa shape index (κ2) is 11.4. The van der Waals surface area contributed by atoms with Gasteiger partial charge in [0.15, 0.2) is 0 Å². The van der Waals surface area contributed by atoms with Crippen LogP contribution in [0.15, 0.2) is 71.6 Å². The summed E-state index contributed by atoms with van der Waals surface area (Å²) in [7, 11) is -3.98. The molecule has 1 aliphatic heterocycles. The Hall–Kier alpha value is -3.94. The van der Waals surface area contributed by atoms with Gasteiger partial charge in [-0.1, -0.05) is 19.1 Å². The molecule has 1 amide bonds. The van der Waals surface area contributed by atoms with Gasteiger partial charge in [0.25, 0.3) is 15.9 Å². The van der Waals surface area contributed by atoms with E-state index in [1.165, 1.54) is 42.5 Å². The van der Waals surface area contributed by atoms with Crippen LogP contribution < -0.4 is 14.9 Å². The maximum Gasteiger partial charge on any atom is 0.261 e. The second-order valence-electron chi connectivity index (χ2n) is 8.70. The van der Waals surface area contributed by atoms with Crippen molar-refractivity contribution in [2.45, 2.75) is 18.4 Å². The largest absolute Gasteiger partial charge is 0.367 e. The highest BCUT2D eigenvalue weighted by molar-refractivity contribution is 7.92. The lowest BCUT2D eigenvalue weighted by atomic mass is 10.1. The van der Waals surface area contributed by atoms with E-state index in [0.29, 0.717) is 16.9 Å². The Balaban J connectivity index is 1.60. The van der Waals surface area contributed by atoms with E-state index < -0.39 is 10.0 Å². The van der Waals surface area contributed by atoms with E-state index in [0.717, 1.165) is 38.3 Å². The van der Waals surface area contributed by atoms with Crippen molar-refractivity contribution in [1.82, 2.24) is 10.2 Å². The lowest BCUT2D eigenvalue weighted by Crippen LogP contribution is -2.46. The summed E-state index contributed by atoms with van der Waals surface area (Å²) in [4.78, 5) is 17.3. The number of nitriles is 1. The van der Waals surface area contributed by atoms with E-state index in [2.05, 4.69) is 26.8 Å². The average molecular weight is 522 g/mol. The number of hydrogen-bond acceptors (Lipinski definition) is 6. The maximum atomic E-state index is 13.2. The number of carbonyl (C=O) groups is 1. The molecule has 0 aromatic heterocycles. The number of sulfonamides is 1. The van der Waals surface area contributed by atoms with Gasteiger partial charge in [0.05, 0.1) is 27.9 Å². The molecule has 0 unspecified atom stereocenters. The summed E-state index contributed by atoms with van der Waals surface area (Å²) in [6.45, 7) is 6.37. The number of halogens is 1. The van der Waals surface area contributed by atoms with E-state index in [4.69, 9.17) is 5.26 Å². The number of hydrogen-bond donors (Lipinski definition) is 2. The van der Waals surface area contributed by atoms with Gasteiger partial charge in [-0.15, -0.1) is 0 Å². The van der Waals surface area contributed by atoms with Crippen molar-refractivity contribution < 1.29 is 17.6 Å². The normalized spacial score (nSPS) is 14.1. The Bertz CT molecular complexity index is 1400. The number of nitrogens with zero attached hydrogens (tertiary/aromatic N) is 3. The van der Waals surface area contributed by atoms with Crippen molar-refractivity contribution in [2.24, 2.45) is 0 Å². The number of nitrogens with one attached hydrogen (secondary N) is 2. The van der Waals surface area contributed by atoms with Crippen LogP contribution >= 0.6 is 0 Å². The Kier molecular flexibility index (Phi) is 8.06. The summed E-state index contributed by atoms with van der Waals surface area (Å²) in [5.41, 5.74) is 2.36. The first kappa shape index (κ1) is 26.1. The van der Waals surface area contributed by atoms with Crippen LogP contribution in [-0.4, -0.2) is 51.9 Å². The van der Waals surface area contributed by atoms with Crippen LogP contribution in [0.2, 0.25) is 0 Å². The third-order valence-corrected chi connectivity index (χ3v) is 7.70. The lowest BCUT2D eigenvalue weighted by Gasteiger charge is -2.36. The molecule has 0 saturated carbocycles. The summed E-state index contributed by atoms with van der Waals surface area (Å²) < 4.78 is 42.2. The first-order chi connectivity index (χ1) is 17.8. The molecular weight excluding hydrogens is 493 g/mol. The van der Waals surface area contributed by atoms with Gasteiger partial charge >= 0.3 is 0 Å². The van der Waals surface area contributed by atoms with E-state index >= 15 is 0 Å². The van der Waals surface area contributed by atoms with E-state index in [1.807, 2.05) is 6.07 Å². The fourth-order valence-corrected chi connectivity index (χ4v) is 5.20. The Morgan fingerprint density at radius 2 is 1.68 bits per heavy atom. The predicted octanol–water partition coefficient (Wildman–Crippen LogP) is 3.57. The molecule has 192 valence electrons. The van der Waals surface area contributed by atoms with E-state index in [-0.39, 0.29) is 28.7 Å². The molecule has 8 nitrogen and oxygen atoms in total. The van der Waals surface area contributed by atoms with Crippen LogP contribution in [0.4, 0.5) is 15.8 Å². The van der Waals surface area contributed by atoms with Crippen molar-refractivity contribution in [1.29, 1.82) is 5.26 Å². The van der Waals surface area contributed by atoms with Gasteiger partial charge in [-0.05, 0) is 66.7 Å². The van der Waals surface area contributed by atoms with Gasteiger partial charge in [-0.3, -0.25) is 9.52 Å². The van der Waals surface area contributed by atoms with E-state index in [9.17, 15) is 17.6 Å². The van der Waals surface area contributed by atoms with Gasteiger partial charge in [0, 0.05) is 38.3 Å². The molecule has 3 aromatic rings. The molecule has 1 aliphatic rings. The third-order valence-electron chi connectivity index (χ3n) is 6.32. The summed E-state index contributed by atoms with van der Waals surface area (Å²) >= 11 is 0. The van der Waals surface area contributed by atoms with Gasteiger partial charge < -0.3 is 15.1 Å². The Morgan fingerprint density at radius 3 is 2.30 bits per heavy atom. The van der Waals surface area contributed by atoms with Crippen LogP contribution in [0.25, 0.3) is 0 Å². The highest BCUT2D eigenvalue weighted by atomic mass is 32.2. The van der Waals surface area contributed by atoms with Crippen molar-refractivity contribution in [3.05, 3.63) is 89.2 Å². The summed E-state index contributed by atoms with van der Waals surface area (Å²) in [6.07, 6.45) is 0. The minimum Gasteiger partial charge on any atom is -0.367 e. The molecule has 4 rings (SSSR count). The molecule has 1 fully saturated rings. The predicted molar refractivity (Wildman–Crippen MR) is 140 cm³/mol. The third kappa shape index (κ3) is 6.44.